The summed E-state index contributed by atoms with van der Waals surface area (Å²) in [6.07, 6.45) is -3.41. The third-order valence-corrected chi connectivity index (χ3v) is 5.31. The van der Waals surface area contributed by atoms with E-state index in [0.29, 0.717) is 5.56 Å². The van der Waals surface area contributed by atoms with Gasteiger partial charge in [-0.3, -0.25) is 10.1 Å². The molecule has 0 unspecified atom stereocenters. The molecule has 2 aromatic carbocycles. The predicted octanol–water partition coefficient (Wildman–Crippen LogP) is 4.96. The number of phenolic OH excluding ortho intramolecular Hbond substituents is 1. The van der Waals surface area contributed by atoms with Crippen LogP contribution in [0.15, 0.2) is 54.0 Å². The number of pyridine rings is 1. The molecule has 4 aromatic rings. The lowest BCUT2D eigenvalue weighted by Gasteiger charge is -2.16. The largest absolute Gasteiger partial charge is 0.508 e. The summed E-state index contributed by atoms with van der Waals surface area (Å²) in [6, 6.07) is 9.54. The molecular formula is C21H14F3N3O3S. The van der Waals surface area contributed by atoms with Gasteiger partial charge in [0, 0.05) is 28.9 Å². The Morgan fingerprint density at radius 1 is 1.10 bits per heavy atom. The monoisotopic (exact) mass is 445 g/mol. The molecule has 10 heteroatoms. The minimum absolute atomic E-state index is 0.0117. The molecule has 4 rings (SSSR count). The Balaban J connectivity index is 1.94. The summed E-state index contributed by atoms with van der Waals surface area (Å²) in [6.45, 7) is 0. The average molecular weight is 445 g/mol. The number of phenols is 1. The van der Waals surface area contributed by atoms with Gasteiger partial charge in [-0.15, -0.1) is 11.3 Å². The Bertz CT molecular complexity index is 1270. The number of nitrogens with one attached hydrogen (secondary N) is 1. The van der Waals surface area contributed by atoms with Crippen LogP contribution in [0.3, 0.4) is 0 Å². The number of nitrogens with zero attached hydrogens (tertiary/aromatic N) is 2. The fraction of sp³-hybridized carbons (Fsp3) is 0.0952. The first kappa shape index (κ1) is 20.6. The molecule has 158 valence electrons. The number of carbonyl (C=O) groups is 1. The number of para-hydroxylation sites is 2. The van der Waals surface area contributed by atoms with Crippen LogP contribution in [0.25, 0.3) is 10.9 Å². The number of aromatic hydroxyl groups is 2. The van der Waals surface area contributed by atoms with Crippen molar-refractivity contribution in [1.29, 1.82) is 0 Å². The van der Waals surface area contributed by atoms with Crippen LogP contribution in [0.2, 0.25) is 0 Å². The molecule has 0 atom stereocenters. The van der Waals surface area contributed by atoms with Crippen molar-refractivity contribution in [2.75, 3.05) is 5.32 Å². The summed E-state index contributed by atoms with van der Waals surface area (Å²) in [7, 11) is 0. The summed E-state index contributed by atoms with van der Waals surface area (Å²) in [5.74, 6) is -1.42. The molecular weight excluding hydrogens is 431 g/mol. The second kappa shape index (κ2) is 7.88. The molecule has 1 amide bonds. The Morgan fingerprint density at radius 3 is 2.55 bits per heavy atom. The maximum absolute atomic E-state index is 13.5. The molecule has 0 saturated heterocycles. The van der Waals surface area contributed by atoms with Crippen LogP contribution >= 0.6 is 11.3 Å². The highest BCUT2D eigenvalue weighted by Crippen LogP contribution is 2.39. The lowest BCUT2D eigenvalue weighted by molar-refractivity contribution is -0.136. The first-order chi connectivity index (χ1) is 14.8. The first-order valence-corrected chi connectivity index (χ1v) is 9.83. The second-order valence-corrected chi connectivity index (χ2v) is 7.48. The number of hydrogen-bond acceptors (Lipinski definition) is 6. The van der Waals surface area contributed by atoms with E-state index in [2.05, 4.69) is 15.3 Å². The molecule has 0 aliphatic carbocycles. The summed E-state index contributed by atoms with van der Waals surface area (Å²) >= 11 is 1.12. The molecule has 0 bridgehead atoms. The fourth-order valence-electron chi connectivity index (χ4n) is 3.19. The molecule has 3 N–H and O–H groups in total. The van der Waals surface area contributed by atoms with E-state index >= 15 is 0 Å². The standard InChI is InChI=1S/C21H14F3N3O3S/c22-21(23,24)14-6-3-5-12-16(14)26-17(19(30)27-20-25-8-9-31-20)13(18(12)29)10-11-4-1-2-7-15(11)28/h1-9,28H,10H2,(H,26,29)(H,25,27,30). The zero-order chi connectivity index (χ0) is 22.2. The van der Waals surface area contributed by atoms with Gasteiger partial charge in [-0.1, -0.05) is 24.3 Å². The summed E-state index contributed by atoms with van der Waals surface area (Å²) in [5, 5.41) is 25.1. The van der Waals surface area contributed by atoms with Gasteiger partial charge in [-0.25, -0.2) is 9.97 Å². The Kier molecular flexibility index (Phi) is 5.24. The van der Waals surface area contributed by atoms with Gasteiger partial charge in [0.1, 0.15) is 17.2 Å². The van der Waals surface area contributed by atoms with Crippen LogP contribution in [-0.4, -0.2) is 26.1 Å². The number of fused-ring (bicyclic) bond motifs is 1. The number of benzene rings is 2. The van der Waals surface area contributed by atoms with E-state index in [-0.39, 0.29) is 33.9 Å². The lowest BCUT2D eigenvalue weighted by Crippen LogP contribution is -2.18. The Hall–Kier alpha value is -3.66. The minimum Gasteiger partial charge on any atom is -0.508 e. The van der Waals surface area contributed by atoms with Crippen molar-refractivity contribution in [3.8, 4) is 11.5 Å². The van der Waals surface area contributed by atoms with E-state index in [9.17, 15) is 28.2 Å². The number of anilines is 1. The van der Waals surface area contributed by atoms with Crippen molar-refractivity contribution >= 4 is 33.3 Å². The Labute approximate surface area is 177 Å². The molecule has 2 aromatic heterocycles. The van der Waals surface area contributed by atoms with E-state index in [0.717, 1.165) is 23.5 Å². The number of amides is 1. The van der Waals surface area contributed by atoms with Crippen LogP contribution < -0.4 is 5.32 Å². The average Bonchev–Trinajstić information content (AvgIpc) is 3.23. The SMILES string of the molecule is O=C(Nc1nccs1)c1nc2c(C(F)(F)F)cccc2c(O)c1Cc1ccccc1O. The number of alkyl halides is 3. The zero-order valence-corrected chi connectivity index (χ0v) is 16.5. The smallest absolute Gasteiger partial charge is 0.418 e. The number of thiazole rings is 1. The molecule has 0 spiro atoms. The van der Waals surface area contributed by atoms with Crippen LogP contribution in [-0.2, 0) is 12.6 Å². The number of carbonyl (C=O) groups excluding carboxylic acids is 1. The van der Waals surface area contributed by atoms with Crippen molar-refractivity contribution in [2.24, 2.45) is 0 Å². The van der Waals surface area contributed by atoms with E-state index in [4.69, 9.17) is 0 Å². The van der Waals surface area contributed by atoms with Gasteiger partial charge in [0.05, 0.1) is 11.1 Å². The van der Waals surface area contributed by atoms with Crippen molar-refractivity contribution in [3.05, 3.63) is 76.4 Å². The topological polar surface area (TPSA) is 95.3 Å². The molecule has 0 aliphatic rings. The van der Waals surface area contributed by atoms with Crippen LogP contribution in [0.1, 0.15) is 27.2 Å². The number of rotatable bonds is 4. The van der Waals surface area contributed by atoms with Gasteiger partial charge >= 0.3 is 6.18 Å². The van der Waals surface area contributed by atoms with E-state index < -0.39 is 28.9 Å². The molecule has 0 fully saturated rings. The Morgan fingerprint density at radius 2 is 1.87 bits per heavy atom. The quantitative estimate of drug-likeness (QED) is 0.413. The van der Waals surface area contributed by atoms with Crippen molar-refractivity contribution in [2.45, 2.75) is 12.6 Å². The number of hydrogen-bond donors (Lipinski definition) is 3. The van der Waals surface area contributed by atoms with Crippen LogP contribution in [0, 0.1) is 0 Å². The van der Waals surface area contributed by atoms with Gasteiger partial charge in [0.2, 0.25) is 0 Å². The molecule has 31 heavy (non-hydrogen) atoms. The van der Waals surface area contributed by atoms with Crippen LogP contribution in [0.4, 0.5) is 18.3 Å². The highest BCUT2D eigenvalue weighted by atomic mass is 32.1. The van der Waals surface area contributed by atoms with Gasteiger partial charge in [0.15, 0.2) is 5.13 Å². The molecule has 0 aliphatic heterocycles. The highest BCUT2D eigenvalue weighted by Gasteiger charge is 2.35. The van der Waals surface area contributed by atoms with Gasteiger partial charge in [-0.2, -0.15) is 13.2 Å². The zero-order valence-electron chi connectivity index (χ0n) is 15.6. The third kappa shape index (κ3) is 4.02. The molecule has 6 nitrogen and oxygen atoms in total. The molecule has 2 heterocycles. The summed E-state index contributed by atoms with van der Waals surface area (Å²) in [4.78, 5) is 20.8. The fourth-order valence-corrected chi connectivity index (χ4v) is 3.71. The van der Waals surface area contributed by atoms with Crippen molar-refractivity contribution in [1.82, 2.24) is 9.97 Å². The van der Waals surface area contributed by atoms with Gasteiger partial charge < -0.3 is 10.2 Å². The number of halogens is 3. The predicted molar refractivity (Wildman–Crippen MR) is 109 cm³/mol. The maximum atomic E-state index is 13.5. The van der Waals surface area contributed by atoms with Gasteiger partial charge in [0.25, 0.3) is 5.91 Å². The van der Waals surface area contributed by atoms with Crippen molar-refractivity contribution < 1.29 is 28.2 Å². The summed E-state index contributed by atoms with van der Waals surface area (Å²) in [5.41, 5.74) is -1.65. The lowest BCUT2D eigenvalue weighted by atomic mass is 9.97. The van der Waals surface area contributed by atoms with Crippen molar-refractivity contribution in [3.63, 3.8) is 0 Å². The molecule has 0 radical (unpaired) electrons. The van der Waals surface area contributed by atoms with E-state index in [1.165, 1.54) is 18.3 Å². The van der Waals surface area contributed by atoms with E-state index in [1.54, 1.807) is 23.6 Å². The molecule has 0 saturated carbocycles. The first-order valence-electron chi connectivity index (χ1n) is 8.95. The third-order valence-electron chi connectivity index (χ3n) is 4.62. The number of aromatic nitrogens is 2. The summed E-state index contributed by atoms with van der Waals surface area (Å²) < 4.78 is 40.6. The highest BCUT2D eigenvalue weighted by molar-refractivity contribution is 7.13. The second-order valence-electron chi connectivity index (χ2n) is 6.58. The van der Waals surface area contributed by atoms with Gasteiger partial charge in [-0.05, 0) is 23.8 Å². The van der Waals surface area contributed by atoms with E-state index in [1.807, 2.05) is 0 Å². The van der Waals surface area contributed by atoms with Crippen LogP contribution in [0.5, 0.6) is 11.5 Å². The minimum atomic E-state index is -4.73. The maximum Gasteiger partial charge on any atom is 0.418 e. The normalized spacial score (nSPS) is 11.6.